The molecule has 1 aliphatic rings. The highest BCUT2D eigenvalue weighted by Crippen LogP contribution is 2.36. The van der Waals surface area contributed by atoms with Crippen molar-refractivity contribution in [3.63, 3.8) is 0 Å². The van der Waals surface area contributed by atoms with Gasteiger partial charge in [0.25, 0.3) is 0 Å². The fourth-order valence-electron chi connectivity index (χ4n) is 2.93. The number of aliphatic hydroxyl groups excluding tert-OH is 3. The third-order valence-electron chi connectivity index (χ3n) is 4.23. The minimum atomic E-state index is -1.23. The summed E-state index contributed by atoms with van der Waals surface area (Å²) in [7, 11) is 0. The minimum absolute atomic E-state index is 0.193. The van der Waals surface area contributed by atoms with Gasteiger partial charge in [-0.15, -0.1) is 0 Å². The van der Waals surface area contributed by atoms with Gasteiger partial charge in [-0.3, -0.25) is 4.57 Å². The van der Waals surface area contributed by atoms with E-state index in [1.54, 1.807) is 4.57 Å². The molecule has 4 atom stereocenters. The van der Waals surface area contributed by atoms with E-state index in [0.717, 1.165) is 0 Å². The molecule has 2 aromatic heterocycles. The van der Waals surface area contributed by atoms with Crippen molar-refractivity contribution >= 4 is 28.7 Å². The Kier molecular flexibility index (Phi) is 4.88. The van der Waals surface area contributed by atoms with Crippen LogP contribution in [0.2, 0.25) is 5.15 Å². The molecule has 2 aromatic rings. The average Bonchev–Trinajstić information content (AvgIpc) is 3.09. The molecule has 1 fully saturated rings. The zero-order valence-corrected chi connectivity index (χ0v) is 14.1. The maximum absolute atomic E-state index is 10.4. The normalized spacial score (nSPS) is 27.1. The first-order valence-electron chi connectivity index (χ1n) is 7.79. The predicted molar refractivity (Wildman–Crippen MR) is 86.9 cm³/mol. The molecule has 1 aliphatic heterocycles. The zero-order valence-electron chi connectivity index (χ0n) is 13.4. The second-order valence-corrected chi connectivity index (χ2v) is 5.88. The molecule has 3 heterocycles. The van der Waals surface area contributed by atoms with Crippen LogP contribution in [0.5, 0.6) is 0 Å². The number of aliphatic hydroxyl groups is 3. The van der Waals surface area contributed by atoms with Gasteiger partial charge in [-0.1, -0.05) is 11.6 Å². The number of anilines is 1. The summed E-state index contributed by atoms with van der Waals surface area (Å²) in [4.78, 5) is 14.6. The first-order chi connectivity index (χ1) is 11.5. The molecule has 0 aromatic carbocycles. The van der Waals surface area contributed by atoms with E-state index in [-0.39, 0.29) is 5.15 Å². The fourth-order valence-corrected chi connectivity index (χ4v) is 3.10. The molecular weight excluding hydrogens is 338 g/mol. The fraction of sp³-hybridized carbons (Fsp3) is 0.643. The zero-order chi connectivity index (χ0) is 17.4. The molecule has 9 nitrogen and oxygen atoms in total. The van der Waals surface area contributed by atoms with Crippen molar-refractivity contribution in [2.75, 3.05) is 24.6 Å². The van der Waals surface area contributed by atoms with E-state index in [1.807, 2.05) is 18.7 Å². The predicted octanol–water partition coefficient (Wildman–Crippen LogP) is -0.0626. The first-order valence-corrected chi connectivity index (χ1v) is 8.17. The Morgan fingerprint density at radius 3 is 2.54 bits per heavy atom. The summed E-state index contributed by atoms with van der Waals surface area (Å²) in [5.74, 6) is 0.507. The van der Waals surface area contributed by atoms with E-state index >= 15 is 0 Å². The lowest BCUT2D eigenvalue weighted by Crippen LogP contribution is -2.34. The average molecular weight is 358 g/mol. The Labute approximate surface area is 143 Å². The summed E-state index contributed by atoms with van der Waals surface area (Å²) < 4.78 is 7.25. The van der Waals surface area contributed by atoms with Crippen molar-refractivity contribution in [1.82, 2.24) is 19.5 Å². The van der Waals surface area contributed by atoms with Gasteiger partial charge in [0.1, 0.15) is 30.2 Å². The number of halogens is 1. The smallest absolute Gasteiger partial charge is 0.210 e. The Bertz CT molecular complexity index is 722. The van der Waals surface area contributed by atoms with Gasteiger partial charge in [0.05, 0.1) is 6.61 Å². The number of ether oxygens (including phenoxy) is 1. The lowest BCUT2D eigenvalue weighted by atomic mass is 10.1. The summed E-state index contributed by atoms with van der Waals surface area (Å²) >= 11 is 6.12. The summed E-state index contributed by atoms with van der Waals surface area (Å²) in [5.41, 5.74) is 0.783. The molecule has 132 valence electrons. The number of aromatic nitrogens is 4. The number of nitrogens with zero attached hydrogens (tertiary/aromatic N) is 5. The van der Waals surface area contributed by atoms with Crippen LogP contribution in [0.15, 0.2) is 6.33 Å². The van der Waals surface area contributed by atoms with Gasteiger partial charge in [-0.2, -0.15) is 0 Å². The molecule has 0 unspecified atom stereocenters. The maximum atomic E-state index is 10.4. The number of fused-ring (bicyclic) bond motifs is 1. The van der Waals surface area contributed by atoms with E-state index in [1.165, 1.54) is 6.33 Å². The second kappa shape index (κ2) is 6.77. The molecule has 1 saturated heterocycles. The third-order valence-corrected chi connectivity index (χ3v) is 4.51. The molecule has 0 radical (unpaired) electrons. The van der Waals surface area contributed by atoms with E-state index in [2.05, 4.69) is 15.0 Å². The van der Waals surface area contributed by atoms with E-state index < -0.39 is 31.1 Å². The van der Waals surface area contributed by atoms with Crippen molar-refractivity contribution in [3.05, 3.63) is 11.5 Å². The van der Waals surface area contributed by atoms with Gasteiger partial charge in [0.2, 0.25) is 5.95 Å². The van der Waals surface area contributed by atoms with Crippen LogP contribution in [0.1, 0.15) is 20.1 Å². The van der Waals surface area contributed by atoms with Crippen LogP contribution >= 0.6 is 11.6 Å². The molecular formula is C14H20ClN5O4. The van der Waals surface area contributed by atoms with Gasteiger partial charge in [0.15, 0.2) is 17.0 Å². The molecule has 3 N–H and O–H groups in total. The maximum Gasteiger partial charge on any atom is 0.210 e. The van der Waals surface area contributed by atoms with Gasteiger partial charge in [-0.05, 0) is 13.8 Å². The summed E-state index contributed by atoms with van der Waals surface area (Å²) in [6.45, 7) is 4.87. The van der Waals surface area contributed by atoms with Gasteiger partial charge in [-0.25, -0.2) is 15.0 Å². The molecule has 0 amide bonds. The van der Waals surface area contributed by atoms with Crippen molar-refractivity contribution in [2.24, 2.45) is 0 Å². The van der Waals surface area contributed by atoms with E-state index in [4.69, 9.17) is 16.3 Å². The Morgan fingerprint density at radius 1 is 1.25 bits per heavy atom. The summed E-state index contributed by atoms with van der Waals surface area (Å²) in [5, 5.41) is 30.0. The standard InChI is InChI=1S/C14H20ClN5O4/c1-3-19(4-2)14-18-8-11(15)16-6-17-12(8)20(14)13-10(23)9(22)7(5-21)24-13/h6-7,9-10,13,21-23H,3-5H2,1-2H3/t7-,9-,10-,13-/m1/s1. The molecule has 0 bridgehead atoms. The lowest BCUT2D eigenvalue weighted by Gasteiger charge is -2.25. The molecule has 24 heavy (non-hydrogen) atoms. The van der Waals surface area contributed by atoms with Crippen LogP contribution in [0, 0.1) is 0 Å². The highest BCUT2D eigenvalue weighted by molar-refractivity contribution is 6.33. The molecule has 0 aliphatic carbocycles. The second-order valence-electron chi connectivity index (χ2n) is 5.52. The number of hydrogen-bond acceptors (Lipinski definition) is 8. The van der Waals surface area contributed by atoms with Gasteiger partial charge >= 0.3 is 0 Å². The van der Waals surface area contributed by atoms with E-state index in [0.29, 0.717) is 30.2 Å². The van der Waals surface area contributed by atoms with Gasteiger partial charge < -0.3 is 25.0 Å². The quantitative estimate of drug-likeness (QED) is 0.637. The first kappa shape index (κ1) is 17.3. The Morgan fingerprint density at radius 2 is 1.96 bits per heavy atom. The van der Waals surface area contributed by atoms with Crippen molar-refractivity contribution in [2.45, 2.75) is 38.4 Å². The van der Waals surface area contributed by atoms with Crippen LogP contribution in [0.3, 0.4) is 0 Å². The van der Waals surface area contributed by atoms with Crippen LogP contribution in [-0.2, 0) is 4.74 Å². The van der Waals surface area contributed by atoms with Crippen LogP contribution in [-0.4, -0.2) is 72.8 Å². The minimum Gasteiger partial charge on any atom is -0.394 e. The molecule has 10 heteroatoms. The number of imidazole rings is 1. The number of rotatable bonds is 5. The summed E-state index contributed by atoms with van der Waals surface area (Å²) in [6.07, 6.45) is -2.97. The van der Waals surface area contributed by atoms with E-state index in [9.17, 15) is 15.3 Å². The van der Waals surface area contributed by atoms with Crippen molar-refractivity contribution in [3.8, 4) is 0 Å². The largest absolute Gasteiger partial charge is 0.394 e. The third kappa shape index (κ3) is 2.62. The molecule has 0 saturated carbocycles. The highest BCUT2D eigenvalue weighted by Gasteiger charge is 2.45. The SMILES string of the molecule is CCN(CC)c1nc2c(Cl)ncnc2n1[C@@H]1O[C@H](CO)[C@@H](O)[C@H]1O. The Hall–Kier alpha value is -1.52. The lowest BCUT2D eigenvalue weighted by molar-refractivity contribution is -0.0504. The topological polar surface area (TPSA) is 117 Å². The monoisotopic (exact) mass is 357 g/mol. The highest BCUT2D eigenvalue weighted by atomic mass is 35.5. The molecule has 0 spiro atoms. The van der Waals surface area contributed by atoms with Crippen LogP contribution in [0.4, 0.5) is 5.95 Å². The van der Waals surface area contributed by atoms with Crippen LogP contribution in [0.25, 0.3) is 11.2 Å². The van der Waals surface area contributed by atoms with Gasteiger partial charge in [0, 0.05) is 13.1 Å². The molecule has 3 rings (SSSR count). The van der Waals surface area contributed by atoms with Crippen molar-refractivity contribution < 1.29 is 20.1 Å². The van der Waals surface area contributed by atoms with Crippen LogP contribution < -0.4 is 4.90 Å². The Balaban J connectivity index is 2.18. The van der Waals surface area contributed by atoms with Crippen molar-refractivity contribution in [1.29, 1.82) is 0 Å². The summed E-state index contributed by atoms with van der Waals surface area (Å²) in [6, 6.07) is 0. The number of hydrogen-bond donors (Lipinski definition) is 3.